The van der Waals surface area contributed by atoms with E-state index in [4.69, 9.17) is 6.42 Å². The topological polar surface area (TPSA) is 41.1 Å². The summed E-state index contributed by atoms with van der Waals surface area (Å²) in [4.78, 5) is 11.5. The number of alkyl halides is 3. The zero-order valence-corrected chi connectivity index (χ0v) is 8.60. The van der Waals surface area contributed by atoms with E-state index in [1.54, 1.807) is 0 Å². The molecule has 1 rings (SSSR count). The molecule has 1 fully saturated rings. The smallest absolute Gasteiger partial charge is 0.345 e. The lowest BCUT2D eigenvalue weighted by molar-refractivity contribution is -0.196. The van der Waals surface area contributed by atoms with Crippen LogP contribution in [0.15, 0.2) is 0 Å². The van der Waals surface area contributed by atoms with Gasteiger partial charge in [0, 0.05) is 6.54 Å². The number of hydrogen-bond donors (Lipinski definition) is 2. The minimum Gasteiger partial charge on any atom is -0.345 e. The van der Waals surface area contributed by atoms with E-state index in [2.05, 4.69) is 16.6 Å². The van der Waals surface area contributed by atoms with E-state index in [1.165, 1.54) is 0 Å². The Morgan fingerprint density at radius 2 is 2.25 bits per heavy atom. The highest BCUT2D eigenvalue weighted by molar-refractivity contribution is 5.79. The Kier molecular flexibility index (Phi) is 4.19. The number of carbonyl (C=O) groups excluding carboxylic acids is 1. The van der Waals surface area contributed by atoms with E-state index in [0.717, 1.165) is 0 Å². The van der Waals surface area contributed by atoms with Crippen molar-refractivity contribution in [2.24, 2.45) is 11.8 Å². The standard InChI is InChI=1S/C10H13F3N2O/c1-2-4-15-9(16)7-6-14-5-3-8(7)10(11,12)13/h1,7-8,14H,3-6H2,(H,15,16). The van der Waals surface area contributed by atoms with Crippen LogP contribution in [0.1, 0.15) is 6.42 Å². The molecule has 2 N–H and O–H groups in total. The normalized spacial score (nSPS) is 25.9. The molecule has 16 heavy (non-hydrogen) atoms. The number of amides is 1. The molecule has 0 saturated carbocycles. The lowest BCUT2D eigenvalue weighted by Crippen LogP contribution is -2.50. The average molecular weight is 234 g/mol. The monoisotopic (exact) mass is 234 g/mol. The predicted octanol–water partition coefficient (Wildman–Crippen LogP) is 0.524. The van der Waals surface area contributed by atoms with Crippen molar-refractivity contribution in [1.82, 2.24) is 10.6 Å². The van der Waals surface area contributed by atoms with Gasteiger partial charge in [0.15, 0.2) is 0 Å². The van der Waals surface area contributed by atoms with Gasteiger partial charge in [-0.05, 0) is 13.0 Å². The second kappa shape index (κ2) is 5.21. The van der Waals surface area contributed by atoms with Crippen molar-refractivity contribution in [3.05, 3.63) is 0 Å². The summed E-state index contributed by atoms with van der Waals surface area (Å²) < 4.78 is 37.9. The number of terminal acetylenes is 1. The van der Waals surface area contributed by atoms with E-state index in [1.807, 2.05) is 0 Å². The molecule has 6 heteroatoms. The molecule has 0 spiro atoms. The maximum absolute atomic E-state index is 12.6. The van der Waals surface area contributed by atoms with Crippen LogP contribution in [0.3, 0.4) is 0 Å². The van der Waals surface area contributed by atoms with Gasteiger partial charge in [0.1, 0.15) is 0 Å². The molecule has 1 aliphatic heterocycles. The summed E-state index contributed by atoms with van der Waals surface area (Å²) in [5.41, 5.74) is 0. The molecule has 1 amide bonds. The third-order valence-corrected chi connectivity index (χ3v) is 2.60. The Balaban J connectivity index is 2.67. The minimum atomic E-state index is -4.33. The molecule has 0 aromatic heterocycles. The van der Waals surface area contributed by atoms with Crippen LogP contribution in [-0.2, 0) is 4.79 Å². The van der Waals surface area contributed by atoms with Gasteiger partial charge in [0.2, 0.25) is 5.91 Å². The van der Waals surface area contributed by atoms with Crippen molar-refractivity contribution < 1.29 is 18.0 Å². The Morgan fingerprint density at radius 3 is 2.81 bits per heavy atom. The molecule has 2 atom stereocenters. The minimum absolute atomic E-state index is 0.0418. The van der Waals surface area contributed by atoms with Crippen molar-refractivity contribution in [2.75, 3.05) is 19.6 Å². The summed E-state index contributed by atoms with van der Waals surface area (Å²) in [7, 11) is 0. The fraction of sp³-hybridized carbons (Fsp3) is 0.700. The summed E-state index contributed by atoms with van der Waals surface area (Å²) in [6.45, 7) is 0.281. The zero-order valence-electron chi connectivity index (χ0n) is 8.60. The third-order valence-electron chi connectivity index (χ3n) is 2.60. The highest BCUT2D eigenvalue weighted by Gasteiger charge is 2.47. The zero-order chi connectivity index (χ0) is 12.2. The molecule has 0 aromatic rings. The number of piperidine rings is 1. The van der Waals surface area contributed by atoms with Crippen LogP contribution in [0.5, 0.6) is 0 Å². The molecule has 3 nitrogen and oxygen atoms in total. The second-order valence-electron chi connectivity index (χ2n) is 3.67. The SMILES string of the molecule is C#CCNC(=O)C1CNCCC1C(F)(F)F. The highest BCUT2D eigenvalue weighted by atomic mass is 19.4. The quantitative estimate of drug-likeness (QED) is 0.684. The third kappa shape index (κ3) is 3.14. The first-order valence-corrected chi connectivity index (χ1v) is 4.95. The molecule has 0 bridgehead atoms. The Hall–Kier alpha value is -1.22. The Bertz CT molecular complexity index is 295. The molecule has 0 aromatic carbocycles. The molecule has 0 radical (unpaired) electrons. The van der Waals surface area contributed by atoms with E-state index >= 15 is 0 Å². The first-order chi connectivity index (χ1) is 7.46. The van der Waals surface area contributed by atoms with Crippen LogP contribution in [-0.4, -0.2) is 31.7 Å². The second-order valence-corrected chi connectivity index (χ2v) is 3.67. The van der Waals surface area contributed by atoms with Crippen LogP contribution in [0.4, 0.5) is 13.2 Å². The molecule has 0 aliphatic carbocycles. The number of rotatable bonds is 2. The highest BCUT2D eigenvalue weighted by Crippen LogP contribution is 2.36. The number of halogens is 3. The van der Waals surface area contributed by atoms with Crippen molar-refractivity contribution in [3.8, 4) is 12.3 Å². The number of nitrogens with one attached hydrogen (secondary N) is 2. The Labute approximate surface area is 91.8 Å². The molecular weight excluding hydrogens is 221 g/mol. The van der Waals surface area contributed by atoms with E-state index in [-0.39, 0.29) is 26.1 Å². The maximum atomic E-state index is 12.6. The van der Waals surface area contributed by atoms with Gasteiger partial charge in [-0.15, -0.1) is 6.42 Å². The lowest BCUT2D eigenvalue weighted by atomic mass is 9.85. The van der Waals surface area contributed by atoms with Gasteiger partial charge in [-0.2, -0.15) is 13.2 Å². The number of carbonyl (C=O) groups is 1. The molecule has 90 valence electrons. The Morgan fingerprint density at radius 1 is 1.56 bits per heavy atom. The van der Waals surface area contributed by atoms with Crippen molar-refractivity contribution >= 4 is 5.91 Å². The summed E-state index contributed by atoms with van der Waals surface area (Å²) >= 11 is 0. The van der Waals surface area contributed by atoms with Gasteiger partial charge in [0.05, 0.1) is 18.4 Å². The van der Waals surface area contributed by atoms with Crippen LogP contribution < -0.4 is 10.6 Å². The van der Waals surface area contributed by atoms with E-state index in [0.29, 0.717) is 0 Å². The van der Waals surface area contributed by atoms with Gasteiger partial charge < -0.3 is 10.6 Å². The lowest BCUT2D eigenvalue weighted by Gasteiger charge is -2.32. The first kappa shape index (κ1) is 12.8. The van der Waals surface area contributed by atoms with Crippen molar-refractivity contribution in [2.45, 2.75) is 12.6 Å². The van der Waals surface area contributed by atoms with Gasteiger partial charge in [-0.1, -0.05) is 5.92 Å². The first-order valence-electron chi connectivity index (χ1n) is 4.95. The number of hydrogen-bond acceptors (Lipinski definition) is 2. The molecule has 1 saturated heterocycles. The van der Waals surface area contributed by atoms with Crippen LogP contribution >= 0.6 is 0 Å². The molecular formula is C10H13F3N2O. The van der Waals surface area contributed by atoms with Crippen LogP contribution in [0.2, 0.25) is 0 Å². The van der Waals surface area contributed by atoms with Gasteiger partial charge in [0.25, 0.3) is 0 Å². The fourth-order valence-electron chi connectivity index (χ4n) is 1.80. The summed E-state index contributed by atoms with van der Waals surface area (Å²) in [6.07, 6.45) is 0.519. The maximum Gasteiger partial charge on any atom is 0.392 e. The molecule has 2 unspecified atom stereocenters. The van der Waals surface area contributed by atoms with Crippen molar-refractivity contribution in [1.29, 1.82) is 0 Å². The molecule has 1 heterocycles. The van der Waals surface area contributed by atoms with Gasteiger partial charge >= 0.3 is 6.18 Å². The van der Waals surface area contributed by atoms with Gasteiger partial charge in [-0.3, -0.25) is 4.79 Å². The van der Waals surface area contributed by atoms with E-state index in [9.17, 15) is 18.0 Å². The fourth-order valence-corrected chi connectivity index (χ4v) is 1.80. The van der Waals surface area contributed by atoms with Crippen molar-refractivity contribution in [3.63, 3.8) is 0 Å². The average Bonchev–Trinajstić information content (AvgIpc) is 2.24. The van der Waals surface area contributed by atoms with Crippen LogP contribution in [0, 0.1) is 24.2 Å². The largest absolute Gasteiger partial charge is 0.392 e. The summed E-state index contributed by atoms with van der Waals surface area (Å²) in [6, 6.07) is 0. The summed E-state index contributed by atoms with van der Waals surface area (Å²) in [5, 5.41) is 5.07. The van der Waals surface area contributed by atoms with Gasteiger partial charge in [-0.25, -0.2) is 0 Å². The van der Waals surface area contributed by atoms with Crippen LogP contribution in [0.25, 0.3) is 0 Å². The van der Waals surface area contributed by atoms with E-state index < -0.39 is 23.9 Å². The summed E-state index contributed by atoms with van der Waals surface area (Å²) in [5.74, 6) is -1.13. The molecule has 1 aliphatic rings. The predicted molar refractivity (Wildman–Crippen MR) is 52.4 cm³/mol.